The van der Waals surface area contributed by atoms with Crippen molar-refractivity contribution in [3.05, 3.63) is 30.1 Å². The van der Waals surface area contributed by atoms with Crippen LogP contribution in [0.25, 0.3) is 0 Å². The van der Waals surface area contributed by atoms with E-state index < -0.39 is 12.0 Å². The van der Waals surface area contributed by atoms with Crippen molar-refractivity contribution in [2.45, 2.75) is 117 Å². The molecule has 1 aromatic rings. The summed E-state index contributed by atoms with van der Waals surface area (Å²) in [6.07, 6.45) is 20.4. The van der Waals surface area contributed by atoms with Gasteiger partial charge in [0.2, 0.25) is 5.91 Å². The lowest BCUT2D eigenvalue weighted by Gasteiger charge is -2.18. The highest BCUT2D eigenvalue weighted by molar-refractivity contribution is 7.99. The number of carbonyl (C=O) groups excluding carboxylic acids is 3. The summed E-state index contributed by atoms with van der Waals surface area (Å²) in [5, 5.41) is 2.81. The van der Waals surface area contributed by atoms with Gasteiger partial charge in [-0.3, -0.25) is 9.78 Å². The lowest BCUT2D eigenvalue weighted by Crippen LogP contribution is -2.35. The highest BCUT2D eigenvalue weighted by Gasteiger charge is 2.20. The Morgan fingerprint density at radius 2 is 1.35 bits per heavy atom. The minimum absolute atomic E-state index is 0.0739. The Kier molecular flexibility index (Phi) is 22.9. The molecule has 0 saturated carbocycles. The number of alkyl carbamates (subject to hydrolysis) is 1. The van der Waals surface area contributed by atoms with Gasteiger partial charge in [-0.05, 0) is 18.6 Å². The number of amides is 3. The van der Waals surface area contributed by atoms with E-state index >= 15 is 0 Å². The number of carbonyl (C=O) groups is 3. The summed E-state index contributed by atoms with van der Waals surface area (Å²) in [5.41, 5.74) is 0.610. The molecule has 0 spiro atoms. The van der Waals surface area contributed by atoms with Crippen LogP contribution in [0.1, 0.15) is 116 Å². The van der Waals surface area contributed by atoms with Gasteiger partial charge in [0.15, 0.2) is 0 Å². The molecule has 228 valence electrons. The lowest BCUT2D eigenvalue weighted by atomic mass is 10.0. The summed E-state index contributed by atoms with van der Waals surface area (Å²) >= 11 is 1.51. The number of imide groups is 1. The second-order valence-corrected chi connectivity index (χ2v) is 11.4. The predicted molar refractivity (Wildman–Crippen MR) is 163 cm³/mol. The largest absolute Gasteiger partial charge is 0.449 e. The Bertz CT molecular complexity index is 781. The van der Waals surface area contributed by atoms with E-state index in [1.165, 1.54) is 102 Å². The molecule has 0 aliphatic carbocycles. The number of nitrogens with zero attached hydrogens (tertiary/aromatic N) is 2. The third-order valence-corrected chi connectivity index (χ3v) is 7.52. The number of unbranched alkanes of at least 4 members (excludes halogenated alkanes) is 14. The maximum Gasteiger partial charge on any atom is 0.416 e. The molecular formula is C31H53N3O5S. The molecule has 1 N–H and O–H groups in total. The van der Waals surface area contributed by atoms with Gasteiger partial charge in [0.1, 0.15) is 13.2 Å². The van der Waals surface area contributed by atoms with Gasteiger partial charge in [-0.25, -0.2) is 14.5 Å². The quantitative estimate of drug-likeness (QED) is 0.124. The average molecular weight is 580 g/mol. The van der Waals surface area contributed by atoms with Crippen molar-refractivity contribution in [2.75, 3.05) is 31.3 Å². The Balaban J connectivity index is 1.87. The van der Waals surface area contributed by atoms with E-state index in [2.05, 4.69) is 17.2 Å². The van der Waals surface area contributed by atoms with Crippen LogP contribution in [-0.2, 0) is 20.8 Å². The molecule has 0 saturated heterocycles. The van der Waals surface area contributed by atoms with Crippen LogP contribution in [-0.4, -0.2) is 59.2 Å². The fraction of sp³-hybridized carbons (Fsp3) is 0.742. The molecule has 0 radical (unpaired) electrons. The zero-order valence-corrected chi connectivity index (χ0v) is 25.8. The van der Waals surface area contributed by atoms with Gasteiger partial charge in [0.05, 0.1) is 12.2 Å². The van der Waals surface area contributed by atoms with Gasteiger partial charge in [-0.2, -0.15) is 11.8 Å². The van der Waals surface area contributed by atoms with E-state index in [1.54, 1.807) is 24.4 Å². The number of pyridine rings is 1. The molecule has 3 amide bonds. The highest BCUT2D eigenvalue weighted by atomic mass is 32.2. The van der Waals surface area contributed by atoms with E-state index in [4.69, 9.17) is 9.47 Å². The van der Waals surface area contributed by atoms with Crippen molar-refractivity contribution in [3.63, 3.8) is 0 Å². The Hall–Kier alpha value is -2.29. The first-order chi connectivity index (χ1) is 19.5. The smallest absolute Gasteiger partial charge is 0.416 e. The fourth-order valence-electron chi connectivity index (χ4n) is 4.26. The van der Waals surface area contributed by atoms with Crippen molar-refractivity contribution >= 4 is 29.9 Å². The summed E-state index contributed by atoms with van der Waals surface area (Å²) in [7, 11) is 0. The SMILES string of the molecule is CCCCCCCCCCCCCCCCCNC(=O)OCCSCCOC(=O)N(Cc1ccccn1)C(C)=O. The van der Waals surface area contributed by atoms with E-state index in [-0.39, 0.29) is 19.2 Å². The molecule has 0 atom stereocenters. The van der Waals surface area contributed by atoms with Gasteiger partial charge < -0.3 is 14.8 Å². The van der Waals surface area contributed by atoms with Crippen LogP contribution < -0.4 is 5.32 Å². The molecule has 9 heteroatoms. The van der Waals surface area contributed by atoms with Gasteiger partial charge in [-0.1, -0.05) is 103 Å². The molecule has 1 heterocycles. The lowest BCUT2D eigenvalue weighted by molar-refractivity contribution is -0.127. The first kappa shape index (κ1) is 35.7. The number of nitrogens with one attached hydrogen (secondary N) is 1. The summed E-state index contributed by atoms with van der Waals surface area (Å²) in [6.45, 7) is 4.77. The van der Waals surface area contributed by atoms with Crippen LogP contribution in [0.5, 0.6) is 0 Å². The molecule has 0 aromatic carbocycles. The van der Waals surface area contributed by atoms with Crippen molar-refractivity contribution < 1.29 is 23.9 Å². The van der Waals surface area contributed by atoms with Crippen molar-refractivity contribution in [3.8, 4) is 0 Å². The zero-order chi connectivity index (χ0) is 29.1. The third kappa shape index (κ3) is 20.6. The molecule has 0 fully saturated rings. The minimum atomic E-state index is -0.687. The number of ether oxygens (including phenoxy) is 2. The maximum atomic E-state index is 12.2. The monoisotopic (exact) mass is 579 g/mol. The summed E-state index contributed by atoms with van der Waals surface area (Å²) in [6, 6.07) is 5.31. The minimum Gasteiger partial charge on any atom is -0.449 e. The topological polar surface area (TPSA) is 97.8 Å². The molecule has 0 aliphatic rings. The summed E-state index contributed by atoms with van der Waals surface area (Å²) in [4.78, 5) is 41.0. The predicted octanol–water partition coefficient (Wildman–Crippen LogP) is 7.90. The molecular weight excluding hydrogens is 526 g/mol. The second-order valence-electron chi connectivity index (χ2n) is 10.2. The standard InChI is InChI=1S/C31H53N3O5S/c1-3-4-5-6-7-8-9-10-11-12-13-14-15-16-18-22-33-30(36)38-23-25-40-26-24-39-31(37)34(28(2)35)27-29-20-17-19-21-32-29/h17,19-21H,3-16,18,22-27H2,1-2H3,(H,33,36). The Labute approximate surface area is 246 Å². The number of thioether (sulfide) groups is 1. The van der Waals surface area contributed by atoms with Gasteiger partial charge in [0, 0.05) is 31.2 Å². The Morgan fingerprint density at radius 1 is 0.800 bits per heavy atom. The van der Waals surface area contributed by atoms with Gasteiger partial charge in [0.25, 0.3) is 0 Å². The molecule has 0 aliphatic heterocycles. The van der Waals surface area contributed by atoms with Gasteiger partial charge >= 0.3 is 12.2 Å². The van der Waals surface area contributed by atoms with Crippen LogP contribution in [0.2, 0.25) is 0 Å². The number of hydrogen-bond donors (Lipinski definition) is 1. The Morgan fingerprint density at radius 3 is 1.88 bits per heavy atom. The number of rotatable bonds is 24. The van der Waals surface area contributed by atoms with E-state index in [9.17, 15) is 14.4 Å². The third-order valence-electron chi connectivity index (χ3n) is 6.61. The van der Waals surface area contributed by atoms with E-state index in [0.29, 0.717) is 30.4 Å². The van der Waals surface area contributed by atoms with E-state index in [0.717, 1.165) is 17.7 Å². The first-order valence-electron chi connectivity index (χ1n) is 15.4. The normalized spacial score (nSPS) is 10.8. The van der Waals surface area contributed by atoms with Crippen LogP contribution >= 0.6 is 11.8 Å². The number of hydrogen-bond acceptors (Lipinski definition) is 7. The summed E-state index contributed by atoms with van der Waals surface area (Å²) < 4.78 is 10.4. The number of aromatic nitrogens is 1. The van der Waals surface area contributed by atoms with E-state index in [1.807, 2.05) is 0 Å². The average Bonchev–Trinajstić information content (AvgIpc) is 2.95. The molecule has 1 aromatic heterocycles. The van der Waals surface area contributed by atoms with Crippen LogP contribution in [0.3, 0.4) is 0 Å². The second kappa shape index (κ2) is 25.7. The molecule has 0 bridgehead atoms. The molecule has 40 heavy (non-hydrogen) atoms. The van der Waals surface area contributed by atoms with Crippen molar-refractivity contribution in [1.29, 1.82) is 0 Å². The fourth-order valence-corrected chi connectivity index (χ4v) is 4.86. The van der Waals surface area contributed by atoms with Crippen LogP contribution in [0.15, 0.2) is 24.4 Å². The molecule has 0 unspecified atom stereocenters. The highest BCUT2D eigenvalue weighted by Crippen LogP contribution is 2.13. The van der Waals surface area contributed by atoms with Crippen LogP contribution in [0, 0.1) is 0 Å². The van der Waals surface area contributed by atoms with Crippen molar-refractivity contribution in [2.24, 2.45) is 0 Å². The van der Waals surface area contributed by atoms with Crippen molar-refractivity contribution in [1.82, 2.24) is 15.2 Å². The maximum absolute atomic E-state index is 12.2. The summed E-state index contributed by atoms with van der Waals surface area (Å²) in [5.74, 6) is 0.756. The zero-order valence-electron chi connectivity index (χ0n) is 25.0. The molecule has 8 nitrogen and oxygen atoms in total. The van der Waals surface area contributed by atoms with Gasteiger partial charge in [-0.15, -0.1) is 0 Å². The van der Waals surface area contributed by atoms with Crippen LogP contribution in [0.4, 0.5) is 9.59 Å². The first-order valence-corrected chi connectivity index (χ1v) is 16.5. The molecule has 1 rings (SSSR count).